The fraction of sp³-hybridized carbons (Fsp3) is 0.308. The molecule has 2 aromatic rings. The van der Waals surface area contributed by atoms with Crippen LogP contribution in [0.3, 0.4) is 0 Å². The van der Waals surface area contributed by atoms with Crippen LogP contribution in [0.4, 0.5) is 4.39 Å². The van der Waals surface area contributed by atoms with Crippen LogP contribution >= 0.6 is 0 Å². The van der Waals surface area contributed by atoms with Gasteiger partial charge in [-0.15, -0.1) is 10.2 Å². The molecule has 0 amide bonds. The minimum absolute atomic E-state index is 0.377. The van der Waals surface area contributed by atoms with Gasteiger partial charge in [0.2, 0.25) is 0 Å². The lowest BCUT2D eigenvalue weighted by atomic mass is 10.0. The third-order valence-corrected chi connectivity index (χ3v) is 3.32. The van der Waals surface area contributed by atoms with Gasteiger partial charge in [-0.3, -0.25) is 4.57 Å². The average molecular weight is 261 g/mol. The summed E-state index contributed by atoms with van der Waals surface area (Å²) in [7, 11) is 0. The van der Waals surface area contributed by atoms with Crippen LogP contribution in [0.25, 0.3) is 11.4 Å². The lowest BCUT2D eigenvalue weighted by Gasteiger charge is -2.22. The van der Waals surface area contributed by atoms with Crippen LogP contribution in [-0.4, -0.2) is 25.8 Å². The van der Waals surface area contributed by atoms with Crippen LogP contribution in [0, 0.1) is 5.82 Å². The first-order valence-corrected chi connectivity index (χ1v) is 6.09. The second-order valence-electron chi connectivity index (χ2n) is 4.57. The molecule has 3 rings (SSSR count). The minimum atomic E-state index is -0.904. The Labute approximate surface area is 108 Å². The SMILES string of the molecule is O=C(O)C1CCCc2nnc(-c3cccc(F)c3)n21. The number of nitrogens with zero attached hydrogens (tertiary/aromatic N) is 3. The largest absolute Gasteiger partial charge is 0.480 e. The van der Waals surface area contributed by atoms with Gasteiger partial charge in [0.05, 0.1) is 0 Å². The van der Waals surface area contributed by atoms with Gasteiger partial charge in [0.15, 0.2) is 5.82 Å². The van der Waals surface area contributed by atoms with Gasteiger partial charge in [0.25, 0.3) is 0 Å². The highest BCUT2D eigenvalue weighted by Crippen LogP contribution is 2.30. The summed E-state index contributed by atoms with van der Waals surface area (Å²) < 4.78 is 14.9. The molecule has 0 saturated carbocycles. The summed E-state index contributed by atoms with van der Waals surface area (Å²) in [4.78, 5) is 11.3. The highest BCUT2D eigenvalue weighted by molar-refractivity contribution is 5.73. The smallest absolute Gasteiger partial charge is 0.326 e. The number of fused-ring (bicyclic) bond motifs is 1. The van der Waals surface area contributed by atoms with E-state index in [0.717, 1.165) is 6.42 Å². The predicted octanol–water partition coefficient (Wildman–Crippen LogP) is 2.05. The summed E-state index contributed by atoms with van der Waals surface area (Å²) >= 11 is 0. The molecular weight excluding hydrogens is 249 g/mol. The molecule has 6 heteroatoms. The number of carboxylic acid groups (broad SMARTS) is 1. The Morgan fingerprint density at radius 2 is 2.26 bits per heavy atom. The molecule has 1 atom stereocenters. The first kappa shape index (κ1) is 11.8. The van der Waals surface area contributed by atoms with Crippen molar-refractivity contribution in [2.24, 2.45) is 0 Å². The highest BCUT2D eigenvalue weighted by atomic mass is 19.1. The molecule has 1 N–H and O–H groups in total. The van der Waals surface area contributed by atoms with E-state index in [4.69, 9.17) is 0 Å². The standard InChI is InChI=1S/C13H12FN3O2/c14-9-4-1-3-8(7-9)12-16-15-11-6-2-5-10(13(18)19)17(11)12/h1,3-4,7,10H,2,5-6H2,(H,18,19). The van der Waals surface area contributed by atoms with E-state index >= 15 is 0 Å². The van der Waals surface area contributed by atoms with E-state index in [-0.39, 0.29) is 5.82 Å². The number of benzene rings is 1. The number of aromatic nitrogens is 3. The number of rotatable bonds is 2. The average Bonchev–Trinajstić information content (AvgIpc) is 2.82. The van der Waals surface area contributed by atoms with Gasteiger partial charge in [-0.1, -0.05) is 12.1 Å². The quantitative estimate of drug-likeness (QED) is 0.898. The summed E-state index contributed by atoms with van der Waals surface area (Å²) in [5, 5.41) is 17.3. The highest BCUT2D eigenvalue weighted by Gasteiger charge is 2.30. The van der Waals surface area contributed by atoms with Crippen LogP contribution in [0.2, 0.25) is 0 Å². The summed E-state index contributed by atoms with van der Waals surface area (Å²) in [6.45, 7) is 0. The molecule has 0 spiro atoms. The molecule has 5 nitrogen and oxygen atoms in total. The van der Waals surface area contributed by atoms with Crippen molar-refractivity contribution < 1.29 is 14.3 Å². The number of aliphatic carboxylic acids is 1. The van der Waals surface area contributed by atoms with Gasteiger partial charge in [0.1, 0.15) is 17.7 Å². The summed E-state index contributed by atoms with van der Waals surface area (Å²) in [5.41, 5.74) is 0.548. The molecule has 1 aliphatic heterocycles. The van der Waals surface area contributed by atoms with Crippen LogP contribution < -0.4 is 0 Å². The van der Waals surface area contributed by atoms with Gasteiger partial charge >= 0.3 is 5.97 Å². The Balaban J connectivity index is 2.14. The molecule has 0 saturated heterocycles. The molecule has 19 heavy (non-hydrogen) atoms. The van der Waals surface area contributed by atoms with Crippen molar-refractivity contribution in [3.8, 4) is 11.4 Å². The van der Waals surface area contributed by atoms with Crippen LogP contribution in [0.1, 0.15) is 24.7 Å². The predicted molar refractivity (Wildman–Crippen MR) is 65.0 cm³/mol. The summed E-state index contributed by atoms with van der Waals surface area (Å²) in [6.07, 6.45) is 2.02. The monoisotopic (exact) mass is 261 g/mol. The summed E-state index contributed by atoms with van der Waals surface area (Å²) in [5.74, 6) is -0.213. The molecule has 98 valence electrons. The van der Waals surface area contributed by atoms with E-state index in [0.29, 0.717) is 30.1 Å². The Bertz CT molecular complexity index is 639. The van der Waals surface area contributed by atoms with Gasteiger partial charge in [-0.2, -0.15) is 0 Å². The maximum atomic E-state index is 13.3. The van der Waals surface area contributed by atoms with E-state index in [1.807, 2.05) is 0 Å². The van der Waals surface area contributed by atoms with Crippen LogP contribution in [0.5, 0.6) is 0 Å². The first-order valence-electron chi connectivity index (χ1n) is 6.09. The number of carbonyl (C=O) groups is 1. The molecule has 0 radical (unpaired) electrons. The Hall–Kier alpha value is -2.24. The zero-order valence-corrected chi connectivity index (χ0v) is 10.1. The van der Waals surface area contributed by atoms with Crippen LogP contribution in [0.15, 0.2) is 24.3 Å². The van der Waals surface area contributed by atoms with Crippen molar-refractivity contribution >= 4 is 5.97 Å². The maximum absolute atomic E-state index is 13.3. The van der Waals surface area contributed by atoms with Gasteiger partial charge in [-0.25, -0.2) is 9.18 Å². The molecule has 1 aromatic heterocycles. The molecule has 0 aliphatic carbocycles. The van der Waals surface area contributed by atoms with E-state index in [1.54, 1.807) is 16.7 Å². The number of hydrogen-bond donors (Lipinski definition) is 1. The van der Waals surface area contributed by atoms with E-state index < -0.39 is 12.0 Å². The molecule has 1 unspecified atom stereocenters. The van der Waals surface area contributed by atoms with Gasteiger partial charge in [0, 0.05) is 12.0 Å². The van der Waals surface area contributed by atoms with Crippen LogP contribution in [-0.2, 0) is 11.2 Å². The van der Waals surface area contributed by atoms with Gasteiger partial charge < -0.3 is 5.11 Å². The van der Waals surface area contributed by atoms with Crippen molar-refractivity contribution in [2.45, 2.75) is 25.3 Å². The number of hydrogen-bond acceptors (Lipinski definition) is 3. The fourth-order valence-electron chi connectivity index (χ4n) is 2.46. The Kier molecular flexibility index (Phi) is 2.77. The number of aryl methyl sites for hydroxylation is 1. The molecule has 1 aliphatic rings. The third kappa shape index (κ3) is 1.99. The lowest BCUT2D eigenvalue weighted by molar-refractivity contribution is -0.141. The molecule has 0 bridgehead atoms. The normalized spacial score (nSPS) is 18.1. The lowest BCUT2D eigenvalue weighted by Crippen LogP contribution is -2.25. The minimum Gasteiger partial charge on any atom is -0.480 e. The van der Waals surface area contributed by atoms with Crippen molar-refractivity contribution in [3.05, 3.63) is 35.9 Å². The number of halogens is 1. The molecule has 1 aromatic carbocycles. The van der Waals surface area contributed by atoms with Crippen molar-refractivity contribution in [1.29, 1.82) is 0 Å². The Morgan fingerprint density at radius 3 is 3.00 bits per heavy atom. The fourth-order valence-corrected chi connectivity index (χ4v) is 2.46. The second kappa shape index (κ2) is 4.46. The zero-order valence-electron chi connectivity index (χ0n) is 10.1. The topological polar surface area (TPSA) is 68.0 Å². The van der Waals surface area contributed by atoms with E-state index in [2.05, 4.69) is 10.2 Å². The second-order valence-corrected chi connectivity index (χ2v) is 4.57. The van der Waals surface area contributed by atoms with Crippen molar-refractivity contribution in [2.75, 3.05) is 0 Å². The molecular formula is C13H12FN3O2. The maximum Gasteiger partial charge on any atom is 0.326 e. The first-order chi connectivity index (χ1) is 9.16. The van der Waals surface area contributed by atoms with Crippen molar-refractivity contribution in [3.63, 3.8) is 0 Å². The van der Waals surface area contributed by atoms with Gasteiger partial charge in [-0.05, 0) is 25.0 Å². The Morgan fingerprint density at radius 1 is 1.42 bits per heavy atom. The molecule has 2 heterocycles. The third-order valence-electron chi connectivity index (χ3n) is 3.32. The number of carboxylic acids is 1. The molecule has 0 fully saturated rings. The van der Waals surface area contributed by atoms with Crippen molar-refractivity contribution in [1.82, 2.24) is 14.8 Å². The van der Waals surface area contributed by atoms with E-state index in [9.17, 15) is 14.3 Å². The van der Waals surface area contributed by atoms with E-state index in [1.165, 1.54) is 12.1 Å². The zero-order chi connectivity index (χ0) is 13.4. The summed E-state index contributed by atoms with van der Waals surface area (Å²) in [6, 6.07) is 5.28.